The van der Waals surface area contributed by atoms with Crippen LogP contribution in [0, 0.1) is 5.92 Å². The van der Waals surface area contributed by atoms with Crippen LogP contribution in [0.3, 0.4) is 0 Å². The second-order valence-corrected chi connectivity index (χ2v) is 6.89. The summed E-state index contributed by atoms with van der Waals surface area (Å²) in [6.07, 6.45) is 5.19. The van der Waals surface area contributed by atoms with Crippen LogP contribution in [0.1, 0.15) is 31.3 Å². The molecule has 0 bridgehead atoms. The molecule has 2 aromatic heterocycles. The van der Waals surface area contributed by atoms with Crippen molar-refractivity contribution < 1.29 is 14.1 Å². The number of amides is 1. The molecule has 0 saturated heterocycles. The number of benzene rings is 1. The number of ether oxygens (including phenoxy) is 1. The first kappa shape index (κ1) is 17.9. The fourth-order valence-corrected chi connectivity index (χ4v) is 2.97. The molecule has 0 fully saturated rings. The second kappa shape index (κ2) is 7.64. The van der Waals surface area contributed by atoms with Gasteiger partial charge in [-0.15, -0.1) is 0 Å². The van der Waals surface area contributed by atoms with Crippen molar-refractivity contribution in [2.45, 2.75) is 19.9 Å². The lowest BCUT2D eigenvalue weighted by atomic mass is 10.0. The van der Waals surface area contributed by atoms with Crippen LogP contribution in [-0.2, 0) is 4.79 Å². The average Bonchev–Trinajstić information content (AvgIpc) is 3.21. The molecule has 1 amide bonds. The Bertz CT molecular complexity index is 1010. The number of fused-ring (bicyclic) bond motifs is 1. The van der Waals surface area contributed by atoms with Gasteiger partial charge in [-0.05, 0) is 30.2 Å². The minimum absolute atomic E-state index is 0.0588. The van der Waals surface area contributed by atoms with E-state index < -0.39 is 6.04 Å². The van der Waals surface area contributed by atoms with Crippen LogP contribution in [-0.4, -0.2) is 27.6 Å². The van der Waals surface area contributed by atoms with E-state index in [1.54, 1.807) is 18.5 Å². The number of aromatic nitrogens is 3. The molecule has 28 heavy (non-hydrogen) atoms. The van der Waals surface area contributed by atoms with E-state index in [-0.39, 0.29) is 18.4 Å². The Morgan fingerprint density at radius 3 is 2.82 bits per heavy atom. The van der Waals surface area contributed by atoms with Gasteiger partial charge in [0.05, 0.1) is 5.57 Å². The van der Waals surface area contributed by atoms with Crippen LogP contribution < -0.4 is 10.1 Å². The van der Waals surface area contributed by atoms with Crippen molar-refractivity contribution in [3.8, 4) is 17.1 Å². The van der Waals surface area contributed by atoms with Gasteiger partial charge in [0, 0.05) is 23.5 Å². The molecule has 1 aromatic carbocycles. The first-order chi connectivity index (χ1) is 13.6. The average molecular weight is 376 g/mol. The Labute approximate surface area is 162 Å². The predicted molar refractivity (Wildman–Crippen MR) is 103 cm³/mol. The molecule has 0 radical (unpaired) electrons. The maximum Gasteiger partial charge on any atom is 0.251 e. The zero-order valence-electron chi connectivity index (χ0n) is 15.6. The van der Waals surface area contributed by atoms with E-state index in [4.69, 9.17) is 9.26 Å². The molecule has 142 valence electrons. The van der Waals surface area contributed by atoms with Gasteiger partial charge in [0.25, 0.3) is 5.91 Å². The number of hydrogen-bond acceptors (Lipinski definition) is 6. The van der Waals surface area contributed by atoms with E-state index in [0.717, 1.165) is 16.9 Å². The molecule has 1 unspecified atom stereocenters. The van der Waals surface area contributed by atoms with Gasteiger partial charge in [0.15, 0.2) is 0 Å². The van der Waals surface area contributed by atoms with Crippen molar-refractivity contribution >= 4 is 12.0 Å². The highest BCUT2D eigenvalue weighted by molar-refractivity contribution is 5.99. The monoisotopic (exact) mass is 376 g/mol. The molecule has 0 saturated carbocycles. The molecule has 4 rings (SSSR count). The highest BCUT2D eigenvalue weighted by atomic mass is 16.5. The predicted octanol–water partition coefficient (Wildman–Crippen LogP) is 3.42. The maximum absolute atomic E-state index is 12.8. The summed E-state index contributed by atoms with van der Waals surface area (Å²) in [5.41, 5.74) is 2.19. The van der Waals surface area contributed by atoms with E-state index in [1.807, 2.05) is 50.3 Å². The van der Waals surface area contributed by atoms with Crippen molar-refractivity contribution in [1.82, 2.24) is 20.4 Å². The third kappa shape index (κ3) is 3.64. The quantitative estimate of drug-likeness (QED) is 0.734. The van der Waals surface area contributed by atoms with Crippen LogP contribution in [0.4, 0.5) is 0 Å². The molecular formula is C21H20N4O3. The Kier molecular flexibility index (Phi) is 4.89. The van der Waals surface area contributed by atoms with Gasteiger partial charge in [0.2, 0.25) is 11.7 Å². The molecule has 3 aromatic rings. The third-order valence-electron chi connectivity index (χ3n) is 4.50. The fourth-order valence-electron chi connectivity index (χ4n) is 2.97. The van der Waals surface area contributed by atoms with E-state index in [9.17, 15) is 4.79 Å². The highest BCUT2D eigenvalue weighted by Gasteiger charge is 2.27. The van der Waals surface area contributed by atoms with Gasteiger partial charge in [-0.3, -0.25) is 9.78 Å². The summed E-state index contributed by atoms with van der Waals surface area (Å²) in [6.45, 7) is 4.19. The van der Waals surface area contributed by atoms with Crippen molar-refractivity contribution in [1.29, 1.82) is 0 Å². The topological polar surface area (TPSA) is 90.1 Å². The van der Waals surface area contributed by atoms with Crippen LogP contribution in [0.25, 0.3) is 17.5 Å². The lowest BCUT2D eigenvalue weighted by Crippen LogP contribution is -2.34. The summed E-state index contributed by atoms with van der Waals surface area (Å²) in [7, 11) is 0. The van der Waals surface area contributed by atoms with Crippen molar-refractivity contribution in [3.05, 3.63) is 65.8 Å². The zero-order valence-corrected chi connectivity index (χ0v) is 15.6. The Morgan fingerprint density at radius 1 is 1.18 bits per heavy atom. The normalized spacial score (nSPS) is 14.0. The molecule has 7 heteroatoms. The smallest absolute Gasteiger partial charge is 0.251 e. The molecule has 1 atom stereocenters. The van der Waals surface area contributed by atoms with E-state index in [0.29, 0.717) is 17.3 Å². The summed E-state index contributed by atoms with van der Waals surface area (Å²) in [5.74, 6) is 1.42. The van der Waals surface area contributed by atoms with Crippen molar-refractivity contribution in [2.24, 2.45) is 5.92 Å². The number of rotatable bonds is 5. The molecule has 1 N–H and O–H groups in total. The van der Waals surface area contributed by atoms with Crippen LogP contribution in [0.15, 0.2) is 58.9 Å². The number of carbonyl (C=O) groups is 1. The minimum atomic E-state index is -0.413. The van der Waals surface area contributed by atoms with Crippen molar-refractivity contribution in [2.75, 3.05) is 6.61 Å². The number of pyridine rings is 1. The highest BCUT2D eigenvalue weighted by Crippen LogP contribution is 2.27. The maximum atomic E-state index is 12.8. The molecule has 1 aliphatic heterocycles. The van der Waals surface area contributed by atoms with E-state index in [1.165, 1.54) is 0 Å². The van der Waals surface area contributed by atoms with Gasteiger partial charge >= 0.3 is 0 Å². The molecule has 1 aliphatic rings. The number of nitrogens with one attached hydrogen (secondary N) is 1. The lowest BCUT2D eigenvalue weighted by molar-refractivity contribution is -0.119. The summed E-state index contributed by atoms with van der Waals surface area (Å²) < 4.78 is 11.1. The molecule has 3 heterocycles. The minimum Gasteiger partial charge on any atom is -0.488 e. The summed E-state index contributed by atoms with van der Waals surface area (Å²) in [4.78, 5) is 21.3. The summed E-state index contributed by atoms with van der Waals surface area (Å²) in [6, 6.07) is 10.9. The summed E-state index contributed by atoms with van der Waals surface area (Å²) >= 11 is 0. The first-order valence-corrected chi connectivity index (χ1v) is 9.09. The zero-order chi connectivity index (χ0) is 19.5. The number of hydrogen-bond donors (Lipinski definition) is 1. The Hall–Kier alpha value is -3.48. The van der Waals surface area contributed by atoms with E-state index >= 15 is 0 Å². The second-order valence-electron chi connectivity index (χ2n) is 6.89. The van der Waals surface area contributed by atoms with Gasteiger partial charge in [-0.2, -0.15) is 4.98 Å². The van der Waals surface area contributed by atoms with Gasteiger partial charge in [-0.25, -0.2) is 0 Å². The van der Waals surface area contributed by atoms with Crippen LogP contribution >= 0.6 is 0 Å². The Balaban J connectivity index is 1.54. The van der Waals surface area contributed by atoms with Crippen molar-refractivity contribution in [3.63, 3.8) is 0 Å². The largest absolute Gasteiger partial charge is 0.488 e. The first-order valence-electron chi connectivity index (χ1n) is 9.09. The molecule has 0 spiro atoms. The van der Waals surface area contributed by atoms with E-state index in [2.05, 4.69) is 20.4 Å². The SMILES string of the molecule is CC(C)C(NC(=O)C1=Cc2ccccc2OC1)c1nc(-c2cccnc2)no1. The lowest BCUT2D eigenvalue weighted by Gasteiger charge is -2.22. The van der Waals surface area contributed by atoms with Gasteiger partial charge in [-0.1, -0.05) is 37.2 Å². The summed E-state index contributed by atoms with van der Waals surface area (Å²) in [5, 5.41) is 7.02. The number of nitrogens with zero attached hydrogens (tertiary/aromatic N) is 3. The molecular weight excluding hydrogens is 356 g/mol. The van der Waals surface area contributed by atoms with Gasteiger partial charge in [0.1, 0.15) is 18.4 Å². The van der Waals surface area contributed by atoms with Crippen LogP contribution in [0.2, 0.25) is 0 Å². The fraction of sp³-hybridized carbons (Fsp3) is 0.238. The molecule has 7 nitrogen and oxygen atoms in total. The van der Waals surface area contributed by atoms with Gasteiger partial charge < -0.3 is 14.6 Å². The standard InChI is InChI=1S/C21H20N4O3/c1-13(2)18(21-24-19(25-28-21)15-7-5-9-22-11-15)23-20(26)16-10-14-6-3-4-8-17(14)27-12-16/h3-11,13,18H,12H2,1-2H3,(H,23,26). The third-order valence-corrected chi connectivity index (χ3v) is 4.50. The number of para-hydroxylation sites is 1. The van der Waals surface area contributed by atoms with Crippen LogP contribution in [0.5, 0.6) is 5.75 Å². The molecule has 0 aliphatic carbocycles. The Morgan fingerprint density at radius 2 is 2.04 bits per heavy atom. The number of carbonyl (C=O) groups excluding carboxylic acids is 1.